The first-order chi connectivity index (χ1) is 8.80. The SMILES string of the molecule is Cc1ncc(S(=O)(=O)N2CC(C)CC(C(=O)O)C2)s1. The van der Waals surface area contributed by atoms with Crippen LogP contribution in [0.25, 0.3) is 0 Å². The van der Waals surface area contributed by atoms with Crippen molar-refractivity contribution in [2.75, 3.05) is 13.1 Å². The molecule has 0 spiro atoms. The summed E-state index contributed by atoms with van der Waals surface area (Å²) in [5, 5.41) is 9.76. The minimum atomic E-state index is -3.61. The van der Waals surface area contributed by atoms with Crippen molar-refractivity contribution in [2.24, 2.45) is 11.8 Å². The third-order valence-corrected chi connectivity index (χ3v) is 6.35. The van der Waals surface area contributed by atoms with E-state index in [9.17, 15) is 13.2 Å². The number of aryl methyl sites for hydroxylation is 1. The molecule has 0 saturated carbocycles. The monoisotopic (exact) mass is 304 g/mol. The molecule has 0 bridgehead atoms. The van der Waals surface area contributed by atoms with Gasteiger partial charge in [0, 0.05) is 13.1 Å². The van der Waals surface area contributed by atoms with Crippen LogP contribution in [0.4, 0.5) is 0 Å². The van der Waals surface area contributed by atoms with E-state index >= 15 is 0 Å². The number of aromatic nitrogens is 1. The molecule has 1 saturated heterocycles. The molecule has 1 N–H and O–H groups in total. The molecule has 1 aliphatic rings. The van der Waals surface area contributed by atoms with Crippen LogP contribution in [-0.4, -0.2) is 41.9 Å². The van der Waals surface area contributed by atoms with Crippen molar-refractivity contribution in [3.05, 3.63) is 11.2 Å². The largest absolute Gasteiger partial charge is 0.481 e. The molecule has 6 nitrogen and oxygen atoms in total. The average molecular weight is 304 g/mol. The van der Waals surface area contributed by atoms with E-state index in [0.717, 1.165) is 11.3 Å². The molecule has 1 aliphatic heterocycles. The van der Waals surface area contributed by atoms with Crippen molar-refractivity contribution in [3.63, 3.8) is 0 Å². The normalized spacial score (nSPS) is 25.4. The molecule has 8 heteroatoms. The van der Waals surface area contributed by atoms with Gasteiger partial charge in [-0.05, 0) is 19.3 Å². The highest BCUT2D eigenvalue weighted by molar-refractivity contribution is 7.91. The van der Waals surface area contributed by atoms with Gasteiger partial charge in [0.1, 0.15) is 0 Å². The van der Waals surface area contributed by atoms with Gasteiger partial charge in [0.25, 0.3) is 10.0 Å². The number of carboxylic acids is 1. The molecule has 0 aromatic carbocycles. The number of aliphatic carboxylic acids is 1. The van der Waals surface area contributed by atoms with Crippen molar-refractivity contribution in [1.29, 1.82) is 0 Å². The van der Waals surface area contributed by atoms with Gasteiger partial charge in [-0.25, -0.2) is 13.4 Å². The summed E-state index contributed by atoms with van der Waals surface area (Å²) >= 11 is 1.11. The van der Waals surface area contributed by atoms with Crippen LogP contribution in [0.1, 0.15) is 18.4 Å². The van der Waals surface area contributed by atoms with Gasteiger partial charge in [-0.1, -0.05) is 6.92 Å². The van der Waals surface area contributed by atoms with Crippen LogP contribution < -0.4 is 0 Å². The summed E-state index contributed by atoms with van der Waals surface area (Å²) in [6.07, 6.45) is 1.85. The van der Waals surface area contributed by atoms with E-state index in [2.05, 4.69) is 4.98 Å². The number of carboxylic acid groups (broad SMARTS) is 1. The van der Waals surface area contributed by atoms with Gasteiger partial charge < -0.3 is 5.11 Å². The highest BCUT2D eigenvalue weighted by Crippen LogP contribution is 2.29. The van der Waals surface area contributed by atoms with E-state index in [1.807, 2.05) is 6.92 Å². The van der Waals surface area contributed by atoms with Crippen LogP contribution in [0.15, 0.2) is 10.4 Å². The molecule has 0 aliphatic carbocycles. The second-order valence-corrected chi connectivity index (χ2v) is 8.30. The Morgan fingerprint density at radius 3 is 2.74 bits per heavy atom. The highest BCUT2D eigenvalue weighted by Gasteiger charge is 2.36. The summed E-state index contributed by atoms with van der Waals surface area (Å²) in [5.41, 5.74) is 0. The second-order valence-electron chi connectivity index (χ2n) is 4.90. The van der Waals surface area contributed by atoms with Crippen molar-refractivity contribution < 1.29 is 18.3 Å². The summed E-state index contributed by atoms with van der Waals surface area (Å²) in [4.78, 5) is 15.0. The summed E-state index contributed by atoms with van der Waals surface area (Å²) in [6.45, 7) is 4.01. The maximum atomic E-state index is 12.4. The zero-order chi connectivity index (χ0) is 14.2. The van der Waals surface area contributed by atoms with Crippen LogP contribution >= 0.6 is 11.3 Å². The summed E-state index contributed by atoms with van der Waals surface area (Å²) < 4.78 is 26.3. The number of piperidine rings is 1. The van der Waals surface area contributed by atoms with E-state index in [1.54, 1.807) is 6.92 Å². The standard InChI is InChI=1S/C11H16N2O4S2/c1-7-3-9(11(14)15)6-13(5-7)19(16,17)10-4-12-8(2)18-10/h4,7,9H,3,5-6H2,1-2H3,(H,14,15). The Hall–Kier alpha value is -0.990. The Balaban J connectivity index is 2.27. The first kappa shape index (κ1) is 14.4. The lowest BCUT2D eigenvalue weighted by molar-refractivity contribution is -0.143. The summed E-state index contributed by atoms with van der Waals surface area (Å²) in [6, 6.07) is 0. The molecule has 0 radical (unpaired) electrons. The van der Waals surface area contributed by atoms with Gasteiger partial charge in [-0.3, -0.25) is 4.79 Å². The fourth-order valence-electron chi connectivity index (χ4n) is 2.27. The molecule has 106 valence electrons. The van der Waals surface area contributed by atoms with Crippen molar-refractivity contribution in [3.8, 4) is 0 Å². The molecule has 2 atom stereocenters. The van der Waals surface area contributed by atoms with Crippen molar-refractivity contribution in [1.82, 2.24) is 9.29 Å². The number of thiazole rings is 1. The number of nitrogens with zero attached hydrogens (tertiary/aromatic N) is 2. The van der Waals surface area contributed by atoms with Crippen LogP contribution in [0.3, 0.4) is 0 Å². The third kappa shape index (κ3) is 2.96. The molecule has 1 aromatic rings. The Bertz CT molecular complexity index is 581. The van der Waals surface area contributed by atoms with E-state index < -0.39 is 21.9 Å². The lowest BCUT2D eigenvalue weighted by Crippen LogP contribution is -2.45. The minimum Gasteiger partial charge on any atom is -0.481 e. The third-order valence-electron chi connectivity index (χ3n) is 3.17. The van der Waals surface area contributed by atoms with Gasteiger partial charge in [0.2, 0.25) is 0 Å². The van der Waals surface area contributed by atoms with Crippen LogP contribution in [-0.2, 0) is 14.8 Å². The molecule has 2 heterocycles. The maximum Gasteiger partial charge on any atom is 0.307 e. The van der Waals surface area contributed by atoms with Gasteiger partial charge in [0.15, 0.2) is 4.21 Å². The average Bonchev–Trinajstić information content (AvgIpc) is 2.75. The molecule has 0 amide bonds. The van der Waals surface area contributed by atoms with Gasteiger partial charge in [-0.2, -0.15) is 4.31 Å². The minimum absolute atomic E-state index is 0.0404. The van der Waals surface area contributed by atoms with Crippen molar-refractivity contribution in [2.45, 2.75) is 24.5 Å². The number of rotatable bonds is 3. The van der Waals surface area contributed by atoms with E-state index in [1.165, 1.54) is 10.5 Å². The first-order valence-corrected chi connectivity index (χ1v) is 8.21. The number of hydrogen-bond donors (Lipinski definition) is 1. The van der Waals surface area contributed by atoms with Crippen molar-refractivity contribution >= 4 is 27.3 Å². The first-order valence-electron chi connectivity index (χ1n) is 5.96. The predicted octanol–water partition coefficient (Wildman–Crippen LogP) is 1.18. The Morgan fingerprint density at radius 1 is 1.53 bits per heavy atom. The van der Waals surface area contributed by atoms with Crippen LogP contribution in [0.5, 0.6) is 0 Å². The lowest BCUT2D eigenvalue weighted by atomic mass is 9.92. The summed E-state index contributed by atoms with van der Waals surface area (Å²) in [7, 11) is -3.61. The molecule has 2 unspecified atom stereocenters. The predicted molar refractivity (Wildman–Crippen MR) is 70.5 cm³/mol. The number of sulfonamides is 1. The van der Waals surface area contributed by atoms with E-state index in [-0.39, 0.29) is 16.7 Å². The van der Waals surface area contributed by atoms with E-state index in [0.29, 0.717) is 18.0 Å². The molecular weight excluding hydrogens is 288 g/mol. The molecule has 2 rings (SSSR count). The zero-order valence-corrected chi connectivity index (χ0v) is 12.4. The molecule has 1 aromatic heterocycles. The molecule has 19 heavy (non-hydrogen) atoms. The Kier molecular flexibility index (Phi) is 3.93. The highest BCUT2D eigenvalue weighted by atomic mass is 32.2. The number of carbonyl (C=O) groups is 1. The van der Waals surface area contributed by atoms with E-state index in [4.69, 9.17) is 5.11 Å². The second kappa shape index (κ2) is 5.18. The van der Waals surface area contributed by atoms with Gasteiger partial charge in [-0.15, -0.1) is 11.3 Å². The van der Waals surface area contributed by atoms with Gasteiger partial charge in [0.05, 0.1) is 17.1 Å². The Labute approximate surface area is 116 Å². The van der Waals surface area contributed by atoms with Crippen LogP contribution in [0, 0.1) is 18.8 Å². The fraction of sp³-hybridized carbons (Fsp3) is 0.636. The Morgan fingerprint density at radius 2 is 2.21 bits per heavy atom. The smallest absolute Gasteiger partial charge is 0.307 e. The molecular formula is C11H16N2O4S2. The maximum absolute atomic E-state index is 12.4. The summed E-state index contributed by atoms with van der Waals surface area (Å²) in [5.74, 6) is -1.53. The lowest BCUT2D eigenvalue weighted by Gasteiger charge is -2.33. The zero-order valence-electron chi connectivity index (χ0n) is 10.7. The number of hydrogen-bond acceptors (Lipinski definition) is 5. The fourth-order valence-corrected chi connectivity index (χ4v) is 5.13. The molecule has 1 fully saturated rings. The van der Waals surface area contributed by atoms with Gasteiger partial charge >= 0.3 is 5.97 Å². The van der Waals surface area contributed by atoms with Crippen LogP contribution in [0.2, 0.25) is 0 Å². The topological polar surface area (TPSA) is 87.6 Å². The quantitative estimate of drug-likeness (QED) is 0.906.